The third-order valence-corrected chi connectivity index (χ3v) is 4.22. The molecular weight excluding hydrogens is 324 g/mol. The van der Waals surface area contributed by atoms with E-state index in [1.54, 1.807) is 0 Å². The molecule has 0 fully saturated rings. The van der Waals surface area contributed by atoms with Crippen molar-refractivity contribution in [3.05, 3.63) is 60.2 Å². The molecule has 0 spiro atoms. The molecule has 0 amide bonds. The van der Waals surface area contributed by atoms with Crippen LogP contribution in [0.3, 0.4) is 0 Å². The summed E-state index contributed by atoms with van der Waals surface area (Å²) >= 11 is 1.31. The fourth-order valence-electron chi connectivity index (χ4n) is 2.08. The highest BCUT2D eigenvalue weighted by atomic mass is 32.2. The predicted molar refractivity (Wildman–Crippen MR) is 93.1 cm³/mol. The van der Waals surface area contributed by atoms with Crippen LogP contribution in [0, 0.1) is 6.92 Å². The van der Waals surface area contributed by atoms with Crippen molar-refractivity contribution in [3.63, 3.8) is 0 Å². The Kier molecular flexibility index (Phi) is 5.51. The highest BCUT2D eigenvalue weighted by molar-refractivity contribution is 7.99. The molecule has 0 radical (unpaired) electrons. The molecule has 124 valence electrons. The first-order chi connectivity index (χ1) is 11.7. The predicted octanol–water partition coefficient (Wildman–Crippen LogP) is 3.58. The second-order valence-electron chi connectivity index (χ2n) is 5.33. The van der Waals surface area contributed by atoms with E-state index in [4.69, 9.17) is 9.15 Å². The zero-order chi connectivity index (χ0) is 16.8. The lowest BCUT2D eigenvalue weighted by Gasteiger charge is -2.11. The minimum atomic E-state index is -0.623. The van der Waals surface area contributed by atoms with Crippen LogP contribution in [0.15, 0.2) is 64.2 Å². The molecule has 0 aliphatic rings. The number of thioether (sulfide) groups is 1. The minimum absolute atomic E-state index is 0.218. The van der Waals surface area contributed by atoms with E-state index in [-0.39, 0.29) is 6.61 Å². The molecule has 1 atom stereocenters. The summed E-state index contributed by atoms with van der Waals surface area (Å²) in [4.78, 5) is 0. The summed E-state index contributed by atoms with van der Waals surface area (Å²) in [6, 6.07) is 17.3. The van der Waals surface area contributed by atoms with Gasteiger partial charge in [0.1, 0.15) is 12.4 Å². The first-order valence-electron chi connectivity index (χ1n) is 7.60. The van der Waals surface area contributed by atoms with E-state index in [2.05, 4.69) is 10.2 Å². The molecule has 0 saturated heterocycles. The van der Waals surface area contributed by atoms with Crippen molar-refractivity contribution in [1.29, 1.82) is 0 Å². The maximum absolute atomic E-state index is 10.0. The van der Waals surface area contributed by atoms with Crippen LogP contribution in [-0.4, -0.2) is 33.8 Å². The Hall–Kier alpha value is -2.31. The fourth-order valence-corrected chi connectivity index (χ4v) is 2.75. The van der Waals surface area contributed by atoms with Crippen LogP contribution in [0.4, 0.5) is 0 Å². The number of rotatable bonds is 7. The van der Waals surface area contributed by atoms with Gasteiger partial charge in [-0.1, -0.05) is 42.1 Å². The van der Waals surface area contributed by atoms with Gasteiger partial charge in [-0.05, 0) is 36.8 Å². The average Bonchev–Trinajstić information content (AvgIpc) is 3.08. The molecule has 5 nitrogen and oxygen atoms in total. The zero-order valence-electron chi connectivity index (χ0n) is 13.3. The van der Waals surface area contributed by atoms with Crippen LogP contribution in [0.5, 0.6) is 5.75 Å². The number of aliphatic hydroxyl groups is 1. The zero-order valence-corrected chi connectivity index (χ0v) is 14.1. The van der Waals surface area contributed by atoms with Gasteiger partial charge >= 0.3 is 0 Å². The Morgan fingerprint density at radius 1 is 1.12 bits per heavy atom. The Balaban J connectivity index is 1.48. The van der Waals surface area contributed by atoms with Crippen LogP contribution in [0.25, 0.3) is 11.5 Å². The lowest BCUT2D eigenvalue weighted by atomic mass is 10.2. The van der Waals surface area contributed by atoms with Crippen LogP contribution >= 0.6 is 11.8 Å². The largest absolute Gasteiger partial charge is 0.491 e. The number of aliphatic hydroxyl groups excluding tert-OH is 1. The third kappa shape index (κ3) is 4.59. The number of aromatic nitrogens is 2. The maximum atomic E-state index is 10.0. The van der Waals surface area contributed by atoms with Crippen molar-refractivity contribution in [3.8, 4) is 17.2 Å². The smallest absolute Gasteiger partial charge is 0.276 e. The molecular formula is C18H18N2O3S. The van der Waals surface area contributed by atoms with Gasteiger partial charge in [0.15, 0.2) is 0 Å². The summed E-state index contributed by atoms with van der Waals surface area (Å²) in [5, 5.41) is 18.5. The lowest BCUT2D eigenvalue weighted by molar-refractivity contribution is 0.126. The van der Waals surface area contributed by atoms with Gasteiger partial charge in [0.2, 0.25) is 5.89 Å². The third-order valence-electron chi connectivity index (χ3n) is 3.26. The van der Waals surface area contributed by atoms with E-state index in [9.17, 15) is 5.11 Å². The van der Waals surface area contributed by atoms with Crippen molar-refractivity contribution in [2.45, 2.75) is 18.3 Å². The summed E-state index contributed by atoms with van der Waals surface area (Å²) in [6.45, 7) is 2.22. The number of aryl methyl sites for hydroxylation is 1. The Morgan fingerprint density at radius 3 is 2.75 bits per heavy atom. The molecule has 2 aromatic carbocycles. The highest BCUT2D eigenvalue weighted by Gasteiger charge is 2.12. The second-order valence-corrected chi connectivity index (χ2v) is 6.30. The topological polar surface area (TPSA) is 68.4 Å². The van der Waals surface area contributed by atoms with E-state index < -0.39 is 6.10 Å². The van der Waals surface area contributed by atoms with Crippen molar-refractivity contribution in [1.82, 2.24) is 10.2 Å². The number of hydrogen-bond donors (Lipinski definition) is 1. The highest BCUT2D eigenvalue weighted by Crippen LogP contribution is 2.23. The Morgan fingerprint density at radius 2 is 1.96 bits per heavy atom. The van der Waals surface area contributed by atoms with Crippen LogP contribution in [0.2, 0.25) is 0 Å². The van der Waals surface area contributed by atoms with E-state index in [0.717, 1.165) is 16.9 Å². The molecule has 3 rings (SSSR count). The lowest BCUT2D eigenvalue weighted by Crippen LogP contribution is -2.20. The van der Waals surface area contributed by atoms with Crippen molar-refractivity contribution in [2.24, 2.45) is 0 Å². The Bertz CT molecular complexity index is 777. The molecule has 1 heterocycles. The molecule has 0 saturated carbocycles. The number of hydrogen-bond acceptors (Lipinski definition) is 6. The molecule has 0 bridgehead atoms. The second kappa shape index (κ2) is 7.99. The van der Waals surface area contributed by atoms with E-state index in [1.807, 2.05) is 61.5 Å². The van der Waals surface area contributed by atoms with Crippen LogP contribution in [0.1, 0.15) is 5.56 Å². The SMILES string of the molecule is Cc1cccc(OC[C@H](O)CSc2nnc(-c3ccccc3)o2)c1. The first-order valence-corrected chi connectivity index (χ1v) is 8.58. The quantitative estimate of drug-likeness (QED) is 0.662. The first kappa shape index (κ1) is 16.5. The van der Waals surface area contributed by atoms with Gasteiger partial charge in [0, 0.05) is 11.3 Å². The molecule has 1 aromatic heterocycles. The standard InChI is InChI=1S/C18H18N2O3S/c1-13-6-5-9-16(10-13)22-11-15(21)12-24-18-20-19-17(23-18)14-7-3-2-4-8-14/h2-10,15,21H,11-12H2,1H3/t15-/m0/s1. The average molecular weight is 342 g/mol. The van der Waals surface area contributed by atoms with Crippen molar-refractivity contribution >= 4 is 11.8 Å². The van der Waals surface area contributed by atoms with Crippen molar-refractivity contribution in [2.75, 3.05) is 12.4 Å². The Labute approximate surface area is 144 Å². The van der Waals surface area contributed by atoms with Gasteiger partial charge in [-0.15, -0.1) is 10.2 Å². The molecule has 24 heavy (non-hydrogen) atoms. The van der Waals surface area contributed by atoms with Gasteiger partial charge in [-0.2, -0.15) is 0 Å². The number of nitrogens with zero attached hydrogens (tertiary/aromatic N) is 2. The van der Waals surface area contributed by atoms with Crippen LogP contribution in [-0.2, 0) is 0 Å². The number of benzene rings is 2. The van der Waals surface area contributed by atoms with Gasteiger partial charge in [0.05, 0.1) is 6.10 Å². The van der Waals surface area contributed by atoms with Gasteiger partial charge in [0.25, 0.3) is 5.22 Å². The molecule has 6 heteroatoms. The molecule has 1 N–H and O–H groups in total. The molecule has 3 aromatic rings. The summed E-state index contributed by atoms with van der Waals surface area (Å²) in [6.07, 6.45) is -0.623. The van der Waals surface area contributed by atoms with Gasteiger partial charge < -0.3 is 14.3 Å². The van der Waals surface area contributed by atoms with Gasteiger partial charge in [-0.25, -0.2) is 0 Å². The van der Waals surface area contributed by atoms with E-state index >= 15 is 0 Å². The summed E-state index contributed by atoms with van der Waals surface area (Å²) in [5.74, 6) is 1.65. The minimum Gasteiger partial charge on any atom is -0.491 e. The van der Waals surface area contributed by atoms with Crippen molar-refractivity contribution < 1.29 is 14.3 Å². The summed E-state index contributed by atoms with van der Waals surface area (Å²) < 4.78 is 11.2. The molecule has 0 aliphatic heterocycles. The summed E-state index contributed by atoms with van der Waals surface area (Å²) in [7, 11) is 0. The maximum Gasteiger partial charge on any atom is 0.276 e. The fraction of sp³-hybridized carbons (Fsp3) is 0.222. The number of ether oxygens (including phenoxy) is 1. The van der Waals surface area contributed by atoms with Crippen LogP contribution < -0.4 is 4.74 Å². The normalized spacial score (nSPS) is 12.1. The molecule has 0 aliphatic carbocycles. The molecule has 0 unspecified atom stereocenters. The monoisotopic (exact) mass is 342 g/mol. The van der Waals surface area contributed by atoms with E-state index in [1.165, 1.54) is 11.8 Å². The van der Waals surface area contributed by atoms with Gasteiger partial charge in [-0.3, -0.25) is 0 Å². The van der Waals surface area contributed by atoms with E-state index in [0.29, 0.717) is 16.9 Å². The summed E-state index contributed by atoms with van der Waals surface area (Å²) in [5.41, 5.74) is 2.00.